The van der Waals surface area contributed by atoms with Crippen LogP contribution in [0.2, 0.25) is 0 Å². The largest absolute Gasteiger partial charge is 0.493 e. The predicted molar refractivity (Wildman–Crippen MR) is 139 cm³/mol. The highest BCUT2D eigenvalue weighted by Crippen LogP contribution is 2.28. The fraction of sp³-hybridized carbons (Fsp3) is 0.407. The van der Waals surface area contributed by atoms with Gasteiger partial charge in [-0.05, 0) is 35.9 Å². The van der Waals surface area contributed by atoms with Crippen molar-refractivity contribution in [1.82, 2.24) is 25.3 Å². The Morgan fingerprint density at radius 2 is 1.87 bits per heavy atom. The molecule has 0 spiro atoms. The average Bonchev–Trinajstić information content (AvgIpc) is 3.48. The first-order chi connectivity index (χ1) is 18.8. The van der Waals surface area contributed by atoms with Crippen molar-refractivity contribution in [3.05, 3.63) is 53.6 Å². The molecule has 0 radical (unpaired) electrons. The molecule has 4 heterocycles. The normalized spacial score (nSPS) is 21.5. The summed E-state index contributed by atoms with van der Waals surface area (Å²) in [4.78, 5) is 55.7. The zero-order valence-corrected chi connectivity index (χ0v) is 21.8. The molecule has 2 saturated heterocycles. The van der Waals surface area contributed by atoms with Gasteiger partial charge in [0.05, 0.1) is 19.7 Å². The Bertz CT molecular complexity index is 1270. The number of nitrogens with one attached hydrogen (secondary N) is 2. The van der Waals surface area contributed by atoms with Gasteiger partial charge in [-0.25, -0.2) is 4.79 Å². The number of urea groups is 1. The van der Waals surface area contributed by atoms with Gasteiger partial charge in [-0.3, -0.25) is 14.4 Å². The van der Waals surface area contributed by atoms with Crippen LogP contribution in [0.25, 0.3) is 0 Å². The van der Waals surface area contributed by atoms with Gasteiger partial charge >= 0.3 is 6.03 Å². The second-order valence-corrected chi connectivity index (χ2v) is 9.74. The molecule has 4 aliphatic heterocycles. The summed E-state index contributed by atoms with van der Waals surface area (Å²) in [6.45, 7) is 1.56. The van der Waals surface area contributed by atoms with Crippen molar-refractivity contribution in [3.63, 3.8) is 0 Å². The van der Waals surface area contributed by atoms with E-state index in [1.54, 1.807) is 41.1 Å². The van der Waals surface area contributed by atoms with E-state index in [0.717, 1.165) is 5.56 Å². The summed E-state index contributed by atoms with van der Waals surface area (Å²) in [5, 5.41) is 5.79. The van der Waals surface area contributed by atoms with Gasteiger partial charge in [0.2, 0.25) is 5.91 Å². The molecule has 6 rings (SSSR count). The highest BCUT2D eigenvalue weighted by molar-refractivity contribution is 5.95. The first-order valence-corrected chi connectivity index (χ1v) is 12.7. The molecule has 0 aromatic heterocycles. The van der Waals surface area contributed by atoms with Gasteiger partial charge < -0.3 is 39.5 Å². The summed E-state index contributed by atoms with van der Waals surface area (Å²) >= 11 is 0. The number of carbonyl (C=O) groups excluding carboxylic acids is 4. The van der Waals surface area contributed by atoms with Crippen LogP contribution in [0.15, 0.2) is 42.5 Å². The first-order valence-electron chi connectivity index (χ1n) is 12.7. The molecule has 2 fully saturated rings. The first kappa shape index (κ1) is 26.1. The summed E-state index contributed by atoms with van der Waals surface area (Å²) in [7, 11) is 3.18. The van der Waals surface area contributed by atoms with Crippen LogP contribution in [0, 0.1) is 0 Å². The number of methoxy groups -OCH3 is 1. The Morgan fingerprint density at radius 3 is 2.59 bits per heavy atom. The lowest BCUT2D eigenvalue weighted by Crippen LogP contribution is -2.45. The molecule has 0 unspecified atom stereocenters. The van der Waals surface area contributed by atoms with Crippen LogP contribution in [-0.2, 0) is 16.1 Å². The highest BCUT2D eigenvalue weighted by Gasteiger charge is 2.39. The van der Waals surface area contributed by atoms with E-state index in [9.17, 15) is 19.2 Å². The third-order valence-electron chi connectivity index (χ3n) is 7.05. The van der Waals surface area contributed by atoms with Crippen LogP contribution < -0.4 is 24.8 Å². The van der Waals surface area contributed by atoms with Gasteiger partial charge in [0.25, 0.3) is 11.8 Å². The second-order valence-electron chi connectivity index (χ2n) is 9.74. The number of likely N-dealkylation sites (tertiary alicyclic amines) is 1. The lowest BCUT2D eigenvalue weighted by molar-refractivity contribution is -0.131. The number of likely N-dealkylation sites (N-methyl/N-ethyl adjacent to an activating group) is 1. The zero-order valence-electron chi connectivity index (χ0n) is 21.8. The molecule has 0 aliphatic carbocycles. The molecule has 4 aliphatic rings. The van der Waals surface area contributed by atoms with Gasteiger partial charge in [0.1, 0.15) is 18.4 Å². The number of hydrogen-bond acceptors (Lipinski definition) is 7. The summed E-state index contributed by atoms with van der Waals surface area (Å²) in [6, 6.07) is 11.3. The van der Waals surface area contributed by atoms with Gasteiger partial charge in [-0.1, -0.05) is 12.1 Å². The van der Waals surface area contributed by atoms with E-state index < -0.39 is 18.1 Å². The quantitative estimate of drug-likeness (QED) is 0.582. The SMILES string of the molecule is COc1ccc2cc1OCC(=O)NCc1ccc(cc1)O[C@H]1CN(C(=O)CN3CCN(C)C3=O)C[C@@H]1NC2=O. The molecule has 2 atom stereocenters. The lowest BCUT2D eigenvalue weighted by atomic mass is 10.1. The van der Waals surface area contributed by atoms with Crippen LogP contribution in [0.4, 0.5) is 4.79 Å². The number of hydrogen-bond donors (Lipinski definition) is 2. The molecule has 12 heteroatoms. The number of ether oxygens (including phenoxy) is 3. The number of fused-ring (bicyclic) bond motifs is 7. The van der Waals surface area contributed by atoms with Crippen molar-refractivity contribution in [2.45, 2.75) is 18.7 Å². The number of rotatable bonds is 3. The van der Waals surface area contributed by atoms with Crippen LogP contribution in [0.1, 0.15) is 15.9 Å². The number of carbonyl (C=O) groups is 4. The van der Waals surface area contributed by atoms with Crippen LogP contribution >= 0.6 is 0 Å². The fourth-order valence-corrected chi connectivity index (χ4v) is 4.79. The van der Waals surface area contributed by atoms with Crippen molar-refractivity contribution < 1.29 is 33.4 Å². The number of nitrogens with zero attached hydrogens (tertiary/aromatic N) is 3. The van der Waals surface area contributed by atoms with E-state index in [4.69, 9.17) is 14.2 Å². The molecule has 12 nitrogen and oxygen atoms in total. The standard InChI is InChI=1S/C27H31N5O7/c1-30-9-10-31(27(30)36)15-25(34)32-13-20-23(14-32)39-19-6-3-17(4-7-19)12-28-24(33)16-38-22-11-18(26(35)29-20)5-8-21(22)37-2/h3-8,11,20,23H,9-10,12-16H2,1-2H3,(H,28,33)(H,29,35)/t20-,23-/m0/s1. The van der Waals surface area contributed by atoms with Crippen molar-refractivity contribution >= 4 is 23.8 Å². The van der Waals surface area contributed by atoms with Gasteiger partial charge in [0.15, 0.2) is 18.1 Å². The minimum atomic E-state index is -0.523. The molecule has 2 aromatic carbocycles. The maximum absolute atomic E-state index is 13.3. The van der Waals surface area contributed by atoms with Gasteiger partial charge in [0, 0.05) is 38.8 Å². The van der Waals surface area contributed by atoms with Crippen molar-refractivity contribution in [1.29, 1.82) is 0 Å². The van der Waals surface area contributed by atoms with E-state index in [1.807, 2.05) is 12.1 Å². The Balaban J connectivity index is 1.39. The Labute approximate surface area is 225 Å². The Kier molecular flexibility index (Phi) is 7.44. The van der Waals surface area contributed by atoms with E-state index in [0.29, 0.717) is 36.7 Å². The van der Waals surface area contributed by atoms with E-state index in [2.05, 4.69) is 10.6 Å². The average molecular weight is 538 g/mol. The summed E-state index contributed by atoms with van der Waals surface area (Å²) in [6.07, 6.45) is -0.523. The van der Waals surface area contributed by atoms with Crippen molar-refractivity contribution in [2.75, 3.05) is 53.5 Å². The highest BCUT2D eigenvalue weighted by atomic mass is 16.5. The number of benzene rings is 2. The van der Waals surface area contributed by atoms with Crippen molar-refractivity contribution in [2.24, 2.45) is 0 Å². The van der Waals surface area contributed by atoms with Crippen LogP contribution in [-0.4, -0.2) is 104 Å². The van der Waals surface area contributed by atoms with Crippen molar-refractivity contribution in [3.8, 4) is 17.2 Å². The third kappa shape index (κ3) is 5.84. The molecule has 0 saturated carbocycles. The molecule has 4 bridgehead atoms. The van der Waals surface area contributed by atoms with Gasteiger partial charge in [-0.2, -0.15) is 0 Å². The van der Waals surface area contributed by atoms with E-state index >= 15 is 0 Å². The Hall–Kier alpha value is -4.48. The van der Waals surface area contributed by atoms with Gasteiger partial charge in [-0.15, -0.1) is 0 Å². The zero-order chi connectivity index (χ0) is 27.5. The topological polar surface area (TPSA) is 130 Å². The maximum atomic E-state index is 13.3. The molecule has 5 amide bonds. The molecule has 2 N–H and O–H groups in total. The van der Waals surface area contributed by atoms with E-state index in [-0.39, 0.29) is 49.8 Å². The minimum Gasteiger partial charge on any atom is -0.493 e. The molecular weight excluding hydrogens is 506 g/mol. The monoisotopic (exact) mass is 537 g/mol. The third-order valence-corrected chi connectivity index (χ3v) is 7.05. The molecule has 206 valence electrons. The van der Waals surface area contributed by atoms with E-state index in [1.165, 1.54) is 18.1 Å². The number of amides is 5. The molecular formula is C27H31N5O7. The summed E-state index contributed by atoms with van der Waals surface area (Å²) in [5.74, 6) is 0.281. The minimum absolute atomic E-state index is 0.0316. The summed E-state index contributed by atoms with van der Waals surface area (Å²) in [5.41, 5.74) is 1.17. The second kappa shape index (κ2) is 11.1. The lowest BCUT2D eigenvalue weighted by Gasteiger charge is -2.21. The van der Waals surface area contributed by atoms with Crippen LogP contribution in [0.3, 0.4) is 0 Å². The van der Waals surface area contributed by atoms with Crippen LogP contribution in [0.5, 0.6) is 17.2 Å². The smallest absolute Gasteiger partial charge is 0.320 e. The maximum Gasteiger partial charge on any atom is 0.320 e. The summed E-state index contributed by atoms with van der Waals surface area (Å²) < 4.78 is 17.2. The predicted octanol–water partition coefficient (Wildman–Crippen LogP) is 0.459. The Morgan fingerprint density at radius 1 is 1.08 bits per heavy atom. The molecule has 2 aromatic rings. The fourth-order valence-electron chi connectivity index (χ4n) is 4.79. The molecule has 39 heavy (non-hydrogen) atoms.